The van der Waals surface area contributed by atoms with Crippen LogP contribution in [0.25, 0.3) is 0 Å². The lowest BCUT2D eigenvalue weighted by Crippen LogP contribution is -2.27. The highest BCUT2D eigenvalue weighted by atomic mass is 35.5. The van der Waals surface area contributed by atoms with Crippen molar-refractivity contribution in [1.29, 1.82) is 0 Å². The molecule has 30 heavy (non-hydrogen) atoms. The van der Waals surface area contributed by atoms with Crippen molar-refractivity contribution in [3.8, 4) is 5.75 Å². The molecule has 0 saturated heterocycles. The minimum absolute atomic E-state index is 0.0188. The number of ether oxygens (including phenoxy) is 1. The topological polar surface area (TPSA) is 71.5 Å². The van der Waals surface area contributed by atoms with Gasteiger partial charge in [0.25, 0.3) is 5.91 Å². The van der Waals surface area contributed by atoms with Crippen molar-refractivity contribution in [2.75, 3.05) is 11.9 Å². The first-order valence-electron chi connectivity index (χ1n) is 9.18. The summed E-state index contributed by atoms with van der Waals surface area (Å²) < 4.78 is 41.8. The second-order valence-electron chi connectivity index (χ2n) is 6.79. The minimum Gasteiger partial charge on any atom is -0.483 e. The molecule has 10 heteroatoms. The van der Waals surface area contributed by atoms with E-state index in [0.29, 0.717) is 22.5 Å². The Labute approximate surface area is 176 Å². The number of benzene rings is 1. The Morgan fingerprint density at radius 3 is 2.73 bits per heavy atom. The zero-order valence-electron chi connectivity index (χ0n) is 16.2. The van der Waals surface area contributed by atoms with E-state index in [-0.39, 0.29) is 35.6 Å². The number of alkyl halides is 3. The van der Waals surface area contributed by atoms with E-state index >= 15 is 0 Å². The van der Waals surface area contributed by atoms with Crippen molar-refractivity contribution in [3.05, 3.63) is 52.2 Å². The molecule has 0 aliphatic carbocycles. The lowest BCUT2D eigenvalue weighted by molar-refractivity contribution is -0.153. The highest BCUT2D eigenvalue weighted by molar-refractivity contribution is 6.32. The fourth-order valence-electron chi connectivity index (χ4n) is 3.12. The Kier molecular flexibility index (Phi) is 6.21. The molecule has 1 aromatic heterocycles. The quantitative estimate of drug-likeness (QED) is 0.702. The summed E-state index contributed by atoms with van der Waals surface area (Å²) in [6, 6.07) is 5.56. The molecule has 1 aliphatic rings. The van der Waals surface area contributed by atoms with E-state index in [1.165, 1.54) is 18.3 Å². The molecule has 0 bridgehead atoms. The zero-order valence-corrected chi connectivity index (χ0v) is 17.0. The van der Waals surface area contributed by atoms with Gasteiger partial charge in [0.2, 0.25) is 5.91 Å². The molecule has 3 rings (SSSR count). The molecule has 0 saturated carbocycles. The Hall–Kier alpha value is -2.81. The number of rotatable bonds is 6. The molecule has 0 spiro atoms. The number of aromatic nitrogens is 1. The summed E-state index contributed by atoms with van der Waals surface area (Å²) in [6.07, 6.45) is -2.73. The number of amides is 2. The lowest BCUT2D eigenvalue weighted by atomic mass is 10.1. The number of fused-ring (bicyclic) bond motifs is 1. The predicted octanol–water partition coefficient (Wildman–Crippen LogP) is 4.74. The fourth-order valence-corrected chi connectivity index (χ4v) is 3.37. The molecule has 1 aliphatic heterocycles. The Morgan fingerprint density at radius 2 is 2.10 bits per heavy atom. The van der Waals surface area contributed by atoms with Gasteiger partial charge in [-0.25, -0.2) is 4.98 Å². The van der Waals surface area contributed by atoms with Crippen molar-refractivity contribution in [2.24, 2.45) is 0 Å². The second kappa shape index (κ2) is 8.51. The van der Waals surface area contributed by atoms with E-state index < -0.39 is 18.8 Å². The highest BCUT2D eigenvalue weighted by Crippen LogP contribution is 2.36. The molecule has 0 radical (unpaired) electrons. The molecule has 0 fully saturated rings. The number of carbonyl (C=O) groups excluding carboxylic acids is 2. The summed E-state index contributed by atoms with van der Waals surface area (Å²) in [5.74, 6) is -0.192. The van der Waals surface area contributed by atoms with Crippen LogP contribution < -0.4 is 10.1 Å². The van der Waals surface area contributed by atoms with Crippen LogP contribution in [-0.2, 0) is 11.3 Å². The summed E-state index contributed by atoms with van der Waals surface area (Å²) in [6.45, 7) is 2.28. The van der Waals surface area contributed by atoms with Crippen molar-refractivity contribution >= 4 is 29.2 Å². The molecule has 6 nitrogen and oxygen atoms in total. The molecular weight excluding hydrogens is 423 g/mol. The average Bonchev–Trinajstić information content (AvgIpc) is 3.03. The van der Waals surface area contributed by atoms with Gasteiger partial charge in [0, 0.05) is 23.7 Å². The van der Waals surface area contributed by atoms with Crippen molar-refractivity contribution in [2.45, 2.75) is 39.0 Å². The van der Waals surface area contributed by atoms with Crippen LogP contribution in [0.15, 0.2) is 30.5 Å². The SMILES string of the molecule is CCC(=O)Nc1nccc2c1CN(C(C)c1ccc(OCC(F)(F)F)c(Cl)c1)C2=O. The maximum Gasteiger partial charge on any atom is 0.422 e. The summed E-state index contributed by atoms with van der Waals surface area (Å²) in [5, 5.41) is 2.71. The van der Waals surface area contributed by atoms with Crippen LogP contribution in [0, 0.1) is 0 Å². The summed E-state index contributed by atoms with van der Waals surface area (Å²) in [4.78, 5) is 30.4. The van der Waals surface area contributed by atoms with Gasteiger partial charge in [-0.2, -0.15) is 13.2 Å². The smallest absolute Gasteiger partial charge is 0.422 e. The molecule has 2 aromatic rings. The Morgan fingerprint density at radius 1 is 1.37 bits per heavy atom. The van der Waals surface area contributed by atoms with Crippen molar-refractivity contribution in [1.82, 2.24) is 9.88 Å². The molecule has 1 unspecified atom stereocenters. The monoisotopic (exact) mass is 441 g/mol. The maximum atomic E-state index is 12.9. The van der Waals surface area contributed by atoms with Gasteiger partial charge in [0.05, 0.1) is 17.6 Å². The normalized spacial score (nSPS) is 14.5. The third kappa shape index (κ3) is 4.67. The van der Waals surface area contributed by atoms with E-state index in [0.717, 1.165) is 0 Å². The molecule has 160 valence electrons. The van der Waals surface area contributed by atoms with Crippen LogP contribution in [0.1, 0.15) is 47.8 Å². The van der Waals surface area contributed by atoms with E-state index in [2.05, 4.69) is 10.3 Å². The summed E-state index contributed by atoms with van der Waals surface area (Å²) >= 11 is 6.08. The van der Waals surface area contributed by atoms with Crippen LogP contribution >= 0.6 is 11.6 Å². The zero-order chi connectivity index (χ0) is 22.1. The Balaban J connectivity index is 1.80. The third-order valence-electron chi connectivity index (χ3n) is 4.75. The van der Waals surface area contributed by atoms with Crippen LogP contribution in [-0.4, -0.2) is 34.5 Å². The number of hydrogen-bond acceptors (Lipinski definition) is 4. The van der Waals surface area contributed by atoms with Gasteiger partial charge >= 0.3 is 6.18 Å². The molecule has 1 N–H and O–H groups in total. The van der Waals surface area contributed by atoms with E-state index in [1.54, 1.807) is 30.9 Å². The van der Waals surface area contributed by atoms with Gasteiger partial charge < -0.3 is 15.0 Å². The van der Waals surface area contributed by atoms with Crippen molar-refractivity contribution < 1.29 is 27.5 Å². The molecule has 2 heterocycles. The molecular formula is C20H19ClF3N3O3. The average molecular weight is 442 g/mol. The van der Waals surface area contributed by atoms with Crippen LogP contribution in [0.2, 0.25) is 5.02 Å². The van der Waals surface area contributed by atoms with Gasteiger partial charge in [0.1, 0.15) is 11.6 Å². The standard InChI is InChI=1S/C20H19ClF3N3O3/c1-3-17(28)26-18-14-9-27(19(29)13(14)6-7-25-18)11(2)12-4-5-16(15(21)8-12)30-10-20(22,23)24/h4-8,11H,3,9-10H2,1-2H3,(H,25,26,28). The first-order valence-corrected chi connectivity index (χ1v) is 9.56. The number of nitrogens with one attached hydrogen (secondary N) is 1. The summed E-state index contributed by atoms with van der Waals surface area (Å²) in [7, 11) is 0. The largest absolute Gasteiger partial charge is 0.483 e. The number of pyridine rings is 1. The van der Waals surface area contributed by atoms with Gasteiger partial charge in [-0.1, -0.05) is 24.6 Å². The van der Waals surface area contributed by atoms with Gasteiger partial charge in [-0.3, -0.25) is 9.59 Å². The van der Waals surface area contributed by atoms with Gasteiger partial charge in [0.15, 0.2) is 6.61 Å². The van der Waals surface area contributed by atoms with Crippen LogP contribution in [0.5, 0.6) is 5.75 Å². The number of carbonyl (C=O) groups is 2. The lowest BCUT2D eigenvalue weighted by Gasteiger charge is -2.25. The third-order valence-corrected chi connectivity index (χ3v) is 5.05. The number of nitrogens with zero attached hydrogens (tertiary/aromatic N) is 2. The fraction of sp³-hybridized carbons (Fsp3) is 0.350. The van der Waals surface area contributed by atoms with Gasteiger partial charge in [-0.05, 0) is 30.7 Å². The first kappa shape index (κ1) is 21.9. The van der Waals surface area contributed by atoms with Gasteiger partial charge in [-0.15, -0.1) is 0 Å². The number of halogens is 4. The number of hydrogen-bond donors (Lipinski definition) is 1. The minimum atomic E-state index is -4.47. The molecule has 1 atom stereocenters. The van der Waals surface area contributed by atoms with E-state index in [9.17, 15) is 22.8 Å². The van der Waals surface area contributed by atoms with Crippen LogP contribution in [0.4, 0.5) is 19.0 Å². The highest BCUT2D eigenvalue weighted by Gasteiger charge is 2.34. The first-order chi connectivity index (χ1) is 14.1. The molecule has 2 amide bonds. The van der Waals surface area contributed by atoms with E-state index in [1.807, 2.05) is 0 Å². The van der Waals surface area contributed by atoms with Crippen LogP contribution in [0.3, 0.4) is 0 Å². The second-order valence-corrected chi connectivity index (χ2v) is 7.20. The molecule has 1 aromatic carbocycles. The summed E-state index contributed by atoms with van der Waals surface area (Å²) in [5.41, 5.74) is 1.69. The Bertz CT molecular complexity index is 981. The maximum absolute atomic E-state index is 12.9. The predicted molar refractivity (Wildman–Crippen MR) is 104 cm³/mol. The van der Waals surface area contributed by atoms with E-state index in [4.69, 9.17) is 16.3 Å². The van der Waals surface area contributed by atoms with Crippen molar-refractivity contribution in [3.63, 3.8) is 0 Å². The number of anilines is 1.